The fraction of sp³-hybridized carbons (Fsp3) is 0.267. The number of carbonyl (C=O) groups is 1. The van der Waals surface area contributed by atoms with Crippen molar-refractivity contribution in [3.8, 4) is 11.8 Å². The molecule has 23 heavy (non-hydrogen) atoms. The molecule has 0 aliphatic heterocycles. The summed E-state index contributed by atoms with van der Waals surface area (Å²) in [5, 5.41) is 2.70. The zero-order chi connectivity index (χ0) is 15.9. The summed E-state index contributed by atoms with van der Waals surface area (Å²) in [7, 11) is 1.49. The smallest absolute Gasteiger partial charge is 0.322 e. The predicted molar refractivity (Wildman–Crippen MR) is 89.0 cm³/mol. The van der Waals surface area contributed by atoms with Crippen LogP contribution in [-0.4, -0.2) is 35.6 Å². The highest BCUT2D eigenvalue weighted by Crippen LogP contribution is 2.20. The summed E-state index contributed by atoms with van der Waals surface area (Å²) < 4.78 is 10.4. The molecule has 2 rings (SSSR count). The highest BCUT2D eigenvalue weighted by atomic mass is 35.5. The Balaban J connectivity index is 0.00000264. The molecule has 1 aromatic heterocycles. The van der Waals surface area contributed by atoms with Crippen LogP contribution in [0.1, 0.15) is 5.69 Å². The van der Waals surface area contributed by atoms with Crippen LogP contribution in [0.3, 0.4) is 0 Å². The van der Waals surface area contributed by atoms with Crippen LogP contribution in [0, 0.1) is 6.92 Å². The Hall–Kier alpha value is -2.22. The number of hydrogen-bond donors (Lipinski definition) is 2. The number of hydrogen-bond acceptors (Lipinski definition) is 6. The van der Waals surface area contributed by atoms with Gasteiger partial charge < -0.3 is 20.5 Å². The van der Waals surface area contributed by atoms with Crippen molar-refractivity contribution in [3.63, 3.8) is 0 Å². The summed E-state index contributed by atoms with van der Waals surface area (Å²) >= 11 is 0. The number of aryl methyl sites for hydroxylation is 1. The van der Waals surface area contributed by atoms with E-state index in [2.05, 4.69) is 15.3 Å². The van der Waals surface area contributed by atoms with Gasteiger partial charge in [-0.05, 0) is 37.3 Å². The van der Waals surface area contributed by atoms with Gasteiger partial charge in [0.15, 0.2) is 0 Å². The van der Waals surface area contributed by atoms with Crippen LogP contribution >= 0.6 is 12.4 Å². The summed E-state index contributed by atoms with van der Waals surface area (Å²) in [4.78, 5) is 19.9. The van der Waals surface area contributed by atoms with Crippen molar-refractivity contribution >= 4 is 24.0 Å². The lowest BCUT2D eigenvalue weighted by Crippen LogP contribution is -2.39. The minimum Gasteiger partial charge on any atom is -0.424 e. The molecule has 0 aliphatic carbocycles. The van der Waals surface area contributed by atoms with Crippen molar-refractivity contribution in [3.05, 3.63) is 42.2 Å². The monoisotopic (exact) mass is 338 g/mol. The first-order chi connectivity index (χ1) is 10.6. The van der Waals surface area contributed by atoms with E-state index in [-0.39, 0.29) is 30.9 Å². The fourth-order valence-corrected chi connectivity index (χ4v) is 1.68. The molecule has 0 spiro atoms. The number of nitrogens with zero attached hydrogens (tertiary/aromatic N) is 2. The molecule has 1 heterocycles. The van der Waals surface area contributed by atoms with Gasteiger partial charge in [0, 0.05) is 24.7 Å². The van der Waals surface area contributed by atoms with Crippen molar-refractivity contribution in [2.45, 2.75) is 13.0 Å². The Kier molecular flexibility index (Phi) is 7.40. The Morgan fingerprint density at radius 2 is 2.00 bits per heavy atom. The van der Waals surface area contributed by atoms with E-state index in [1.165, 1.54) is 7.11 Å². The van der Waals surface area contributed by atoms with Gasteiger partial charge in [0.2, 0.25) is 5.91 Å². The summed E-state index contributed by atoms with van der Waals surface area (Å²) in [6.07, 6.45) is 1.63. The predicted octanol–water partition coefficient (Wildman–Crippen LogP) is 1.91. The highest BCUT2D eigenvalue weighted by molar-refractivity contribution is 5.94. The van der Waals surface area contributed by atoms with Crippen LogP contribution in [0.4, 0.5) is 5.69 Å². The van der Waals surface area contributed by atoms with Crippen LogP contribution in [0.25, 0.3) is 0 Å². The number of benzene rings is 1. The molecule has 8 heteroatoms. The van der Waals surface area contributed by atoms with Gasteiger partial charge in [-0.15, -0.1) is 12.4 Å². The van der Waals surface area contributed by atoms with E-state index in [0.717, 1.165) is 5.69 Å². The fourth-order valence-electron chi connectivity index (χ4n) is 1.68. The number of carbonyl (C=O) groups excluding carboxylic acids is 1. The minimum absolute atomic E-state index is 0. The lowest BCUT2D eigenvalue weighted by Gasteiger charge is -2.11. The number of nitrogens with two attached hydrogens (primary N) is 1. The SMILES string of the molecule is COCC(N)C(=O)Nc1ccc(Oc2nccc(C)n2)cc1.Cl. The van der Waals surface area contributed by atoms with Crippen LogP contribution in [-0.2, 0) is 9.53 Å². The number of aromatic nitrogens is 2. The summed E-state index contributed by atoms with van der Waals surface area (Å²) in [5.74, 6) is 0.266. The lowest BCUT2D eigenvalue weighted by atomic mass is 10.2. The Labute approximate surface area is 140 Å². The molecular formula is C15H19ClN4O3. The molecule has 1 aromatic carbocycles. The van der Waals surface area contributed by atoms with Crippen molar-refractivity contribution in [1.29, 1.82) is 0 Å². The normalized spacial score (nSPS) is 11.3. The molecule has 124 valence electrons. The molecule has 1 amide bonds. The third-order valence-corrected chi connectivity index (χ3v) is 2.79. The van der Waals surface area contributed by atoms with Gasteiger partial charge in [0.25, 0.3) is 0 Å². The van der Waals surface area contributed by atoms with E-state index < -0.39 is 6.04 Å². The third-order valence-electron chi connectivity index (χ3n) is 2.79. The highest BCUT2D eigenvalue weighted by Gasteiger charge is 2.13. The zero-order valence-corrected chi connectivity index (χ0v) is 13.7. The average molecular weight is 339 g/mol. The molecule has 0 radical (unpaired) electrons. The first-order valence-electron chi connectivity index (χ1n) is 6.71. The van der Waals surface area contributed by atoms with E-state index in [1.807, 2.05) is 6.92 Å². The number of nitrogens with one attached hydrogen (secondary N) is 1. The molecule has 0 saturated carbocycles. The summed E-state index contributed by atoms with van der Waals surface area (Å²) in [6, 6.07) is 8.20. The molecule has 0 fully saturated rings. The molecule has 3 N–H and O–H groups in total. The molecule has 0 aliphatic rings. The maximum Gasteiger partial charge on any atom is 0.322 e. The van der Waals surface area contributed by atoms with Crippen molar-refractivity contribution in [2.24, 2.45) is 5.73 Å². The van der Waals surface area contributed by atoms with Gasteiger partial charge in [-0.1, -0.05) is 0 Å². The number of anilines is 1. The van der Waals surface area contributed by atoms with Crippen LogP contribution in [0.5, 0.6) is 11.8 Å². The van der Waals surface area contributed by atoms with E-state index in [4.69, 9.17) is 15.2 Å². The number of halogens is 1. The maximum atomic E-state index is 11.7. The minimum atomic E-state index is -0.707. The van der Waals surface area contributed by atoms with E-state index in [9.17, 15) is 4.79 Å². The number of rotatable bonds is 6. The molecular weight excluding hydrogens is 320 g/mol. The second-order valence-corrected chi connectivity index (χ2v) is 4.66. The van der Waals surface area contributed by atoms with Gasteiger partial charge in [-0.2, -0.15) is 0 Å². The second kappa shape index (κ2) is 9.04. The van der Waals surface area contributed by atoms with E-state index in [0.29, 0.717) is 11.4 Å². The van der Waals surface area contributed by atoms with Crippen LogP contribution in [0.2, 0.25) is 0 Å². The summed E-state index contributed by atoms with van der Waals surface area (Å²) in [5.41, 5.74) is 7.08. The molecule has 1 atom stereocenters. The third kappa shape index (κ3) is 5.82. The molecule has 7 nitrogen and oxygen atoms in total. The average Bonchev–Trinajstić information content (AvgIpc) is 2.49. The summed E-state index contributed by atoms with van der Waals surface area (Å²) in [6.45, 7) is 2.02. The van der Waals surface area contributed by atoms with Gasteiger partial charge in [0.1, 0.15) is 11.8 Å². The first-order valence-corrected chi connectivity index (χ1v) is 6.71. The quantitative estimate of drug-likeness (QED) is 0.834. The van der Waals surface area contributed by atoms with Gasteiger partial charge in [-0.3, -0.25) is 4.79 Å². The Morgan fingerprint density at radius 1 is 1.30 bits per heavy atom. The standard InChI is InChI=1S/C15H18N4O3.ClH/c1-10-7-8-17-15(18-10)22-12-5-3-11(4-6-12)19-14(20)13(16)9-21-2;/h3-8,13H,9,16H2,1-2H3,(H,19,20);1H. The Morgan fingerprint density at radius 3 is 2.61 bits per heavy atom. The number of ether oxygens (including phenoxy) is 2. The van der Waals surface area contributed by atoms with Crippen molar-refractivity contribution < 1.29 is 14.3 Å². The van der Waals surface area contributed by atoms with Crippen molar-refractivity contribution in [1.82, 2.24) is 9.97 Å². The van der Waals surface area contributed by atoms with Gasteiger partial charge in [-0.25, -0.2) is 9.97 Å². The maximum absolute atomic E-state index is 11.7. The number of amides is 1. The van der Waals surface area contributed by atoms with Gasteiger partial charge in [0.05, 0.1) is 6.61 Å². The molecule has 0 bridgehead atoms. The molecule has 0 saturated heterocycles. The topological polar surface area (TPSA) is 99.4 Å². The first kappa shape index (κ1) is 18.8. The van der Waals surface area contributed by atoms with Crippen LogP contribution in [0.15, 0.2) is 36.5 Å². The largest absolute Gasteiger partial charge is 0.424 e. The number of methoxy groups -OCH3 is 1. The lowest BCUT2D eigenvalue weighted by molar-refractivity contribution is -0.118. The Bertz CT molecular complexity index is 637. The van der Waals surface area contributed by atoms with Crippen molar-refractivity contribution in [2.75, 3.05) is 19.0 Å². The zero-order valence-electron chi connectivity index (χ0n) is 12.9. The van der Waals surface area contributed by atoms with E-state index in [1.54, 1.807) is 36.5 Å². The second-order valence-electron chi connectivity index (χ2n) is 4.66. The van der Waals surface area contributed by atoms with E-state index >= 15 is 0 Å². The van der Waals surface area contributed by atoms with Gasteiger partial charge >= 0.3 is 6.01 Å². The van der Waals surface area contributed by atoms with Crippen LogP contribution < -0.4 is 15.8 Å². The molecule has 1 unspecified atom stereocenters. The molecule has 2 aromatic rings.